The Bertz CT molecular complexity index is 1570. The van der Waals surface area contributed by atoms with Crippen LogP contribution >= 0.6 is 11.3 Å². The van der Waals surface area contributed by atoms with E-state index in [0.717, 1.165) is 4.88 Å². The Morgan fingerprint density at radius 2 is 2.03 bits per heavy atom. The fourth-order valence-electron chi connectivity index (χ4n) is 3.60. The summed E-state index contributed by atoms with van der Waals surface area (Å²) in [6, 6.07) is 14.6. The number of fused-ring (bicyclic) bond motifs is 1. The van der Waals surface area contributed by atoms with Crippen LogP contribution in [0.25, 0.3) is 27.5 Å². The van der Waals surface area contributed by atoms with Gasteiger partial charge in [0.05, 0.1) is 16.1 Å². The summed E-state index contributed by atoms with van der Waals surface area (Å²) < 4.78 is 22.2. The summed E-state index contributed by atoms with van der Waals surface area (Å²) >= 11 is 1.43. The number of oxazole rings is 1. The summed E-state index contributed by atoms with van der Waals surface area (Å²) in [5.74, 6) is -1.06. The van der Waals surface area contributed by atoms with Gasteiger partial charge in [0.25, 0.3) is 5.91 Å². The van der Waals surface area contributed by atoms with Gasteiger partial charge in [-0.1, -0.05) is 12.1 Å². The summed E-state index contributed by atoms with van der Waals surface area (Å²) in [5.41, 5.74) is 1.92. The Morgan fingerprint density at radius 1 is 1.17 bits per heavy atom. The van der Waals surface area contributed by atoms with Crippen LogP contribution in [0.1, 0.15) is 10.6 Å². The third-order valence-corrected chi connectivity index (χ3v) is 6.17. The summed E-state index contributed by atoms with van der Waals surface area (Å²) in [5, 5.41) is 9.03. The number of halogens is 1. The molecule has 0 atom stereocenters. The third kappa shape index (κ3) is 4.63. The Kier molecular flexibility index (Phi) is 6.01. The average molecular weight is 493 g/mol. The molecule has 0 unspecified atom stereocenters. The SMILES string of the molecule is CN(C)CCn1c(=O)oc2ccc(NC(=O)c3nc(-c4cccs4)n(-c4cccc(F)c4)n3)cc21. The molecule has 5 aromatic rings. The monoisotopic (exact) mass is 492 g/mol. The smallest absolute Gasteiger partial charge is 0.408 e. The lowest BCUT2D eigenvalue weighted by molar-refractivity contribution is 0.101. The minimum atomic E-state index is -0.539. The molecule has 1 N–H and O–H groups in total. The van der Waals surface area contributed by atoms with Crippen molar-refractivity contribution in [3.8, 4) is 16.4 Å². The zero-order chi connectivity index (χ0) is 24.5. The van der Waals surface area contributed by atoms with Crippen molar-refractivity contribution in [3.63, 3.8) is 0 Å². The number of hydrogen-bond donors (Lipinski definition) is 1. The summed E-state index contributed by atoms with van der Waals surface area (Å²) in [4.78, 5) is 32.5. The summed E-state index contributed by atoms with van der Waals surface area (Å²) in [7, 11) is 3.83. The van der Waals surface area contributed by atoms with E-state index in [1.807, 2.05) is 36.5 Å². The van der Waals surface area contributed by atoms with Crippen molar-refractivity contribution in [2.24, 2.45) is 0 Å². The lowest BCUT2D eigenvalue weighted by atomic mass is 10.2. The highest BCUT2D eigenvalue weighted by Crippen LogP contribution is 2.26. The molecule has 35 heavy (non-hydrogen) atoms. The van der Waals surface area contributed by atoms with E-state index in [-0.39, 0.29) is 5.82 Å². The van der Waals surface area contributed by atoms with E-state index in [4.69, 9.17) is 4.42 Å². The number of thiophene rings is 1. The van der Waals surface area contributed by atoms with E-state index in [9.17, 15) is 14.0 Å². The van der Waals surface area contributed by atoms with E-state index in [1.165, 1.54) is 32.7 Å². The summed E-state index contributed by atoms with van der Waals surface area (Å²) in [6.07, 6.45) is 0. The largest absolute Gasteiger partial charge is 0.419 e. The highest BCUT2D eigenvalue weighted by Gasteiger charge is 2.20. The molecule has 0 radical (unpaired) electrons. The lowest BCUT2D eigenvalue weighted by Gasteiger charge is -2.09. The van der Waals surface area contributed by atoms with Gasteiger partial charge < -0.3 is 14.6 Å². The molecule has 0 spiro atoms. The number of likely N-dealkylation sites (N-methyl/N-ethyl adjacent to an activating group) is 1. The molecule has 1 amide bonds. The molecule has 9 nitrogen and oxygen atoms in total. The number of anilines is 1. The molecular formula is C24H21FN6O3S. The standard InChI is InChI=1S/C24H21FN6O3S/c1-29(2)10-11-30-18-14-16(8-9-19(18)34-24(30)33)26-23(32)21-27-22(20-7-4-12-35-20)31(28-21)17-6-3-5-15(25)13-17/h3-9,12-14H,10-11H2,1-2H3,(H,26,32). The van der Waals surface area contributed by atoms with Crippen LogP contribution in [0.4, 0.5) is 10.1 Å². The molecule has 0 aliphatic rings. The Labute approximate surface area is 203 Å². The minimum Gasteiger partial charge on any atom is -0.408 e. The number of rotatable bonds is 7. The third-order valence-electron chi connectivity index (χ3n) is 5.30. The molecule has 0 aliphatic heterocycles. The van der Waals surface area contributed by atoms with Gasteiger partial charge in [0.15, 0.2) is 11.4 Å². The van der Waals surface area contributed by atoms with Crippen LogP contribution in [0.3, 0.4) is 0 Å². The van der Waals surface area contributed by atoms with E-state index < -0.39 is 17.5 Å². The van der Waals surface area contributed by atoms with Crippen molar-refractivity contribution in [1.82, 2.24) is 24.2 Å². The van der Waals surface area contributed by atoms with Gasteiger partial charge in [-0.3, -0.25) is 9.36 Å². The molecule has 178 valence electrons. The second-order valence-electron chi connectivity index (χ2n) is 8.09. The number of carbonyl (C=O) groups is 1. The lowest BCUT2D eigenvalue weighted by Crippen LogP contribution is -2.23. The van der Waals surface area contributed by atoms with Crippen molar-refractivity contribution >= 4 is 34.0 Å². The fourth-order valence-corrected chi connectivity index (χ4v) is 4.30. The molecule has 2 aromatic carbocycles. The van der Waals surface area contributed by atoms with Crippen LogP contribution in [-0.2, 0) is 6.54 Å². The van der Waals surface area contributed by atoms with Crippen LogP contribution in [0.15, 0.2) is 69.2 Å². The highest BCUT2D eigenvalue weighted by molar-refractivity contribution is 7.13. The second-order valence-corrected chi connectivity index (χ2v) is 9.04. The van der Waals surface area contributed by atoms with Gasteiger partial charge in [-0.15, -0.1) is 16.4 Å². The Balaban J connectivity index is 1.47. The predicted octanol–water partition coefficient (Wildman–Crippen LogP) is 3.86. The van der Waals surface area contributed by atoms with Crippen LogP contribution in [0.5, 0.6) is 0 Å². The molecular weight excluding hydrogens is 471 g/mol. The van der Waals surface area contributed by atoms with E-state index in [2.05, 4.69) is 15.4 Å². The predicted molar refractivity (Wildman–Crippen MR) is 132 cm³/mol. The van der Waals surface area contributed by atoms with Crippen molar-refractivity contribution in [2.45, 2.75) is 6.54 Å². The number of aromatic nitrogens is 4. The molecule has 5 rings (SSSR count). The molecule has 0 saturated carbocycles. The van der Waals surface area contributed by atoms with Crippen molar-refractivity contribution in [2.75, 3.05) is 26.0 Å². The van der Waals surface area contributed by atoms with Gasteiger partial charge in [-0.05, 0) is 61.9 Å². The van der Waals surface area contributed by atoms with Gasteiger partial charge in [0.2, 0.25) is 5.82 Å². The molecule has 0 bridgehead atoms. The number of nitrogens with zero attached hydrogens (tertiary/aromatic N) is 5. The number of carbonyl (C=O) groups excluding carboxylic acids is 1. The van der Waals surface area contributed by atoms with Crippen LogP contribution in [0, 0.1) is 5.82 Å². The number of hydrogen-bond acceptors (Lipinski definition) is 7. The van der Waals surface area contributed by atoms with Crippen molar-refractivity contribution in [3.05, 3.63) is 82.2 Å². The first-order valence-electron chi connectivity index (χ1n) is 10.8. The molecule has 0 saturated heterocycles. The molecule has 3 heterocycles. The van der Waals surface area contributed by atoms with Crippen LogP contribution in [0.2, 0.25) is 0 Å². The maximum atomic E-state index is 13.9. The molecule has 11 heteroatoms. The number of nitrogens with one attached hydrogen (secondary N) is 1. The van der Waals surface area contributed by atoms with E-state index in [1.54, 1.807) is 30.3 Å². The molecule has 0 fully saturated rings. The molecule has 0 aliphatic carbocycles. The second kappa shape index (κ2) is 9.28. The van der Waals surface area contributed by atoms with E-state index in [0.29, 0.717) is 41.4 Å². The minimum absolute atomic E-state index is 0.0741. The van der Waals surface area contributed by atoms with Crippen LogP contribution in [-0.4, -0.2) is 50.8 Å². The highest BCUT2D eigenvalue weighted by atomic mass is 32.1. The van der Waals surface area contributed by atoms with Crippen molar-refractivity contribution in [1.29, 1.82) is 0 Å². The van der Waals surface area contributed by atoms with Gasteiger partial charge >= 0.3 is 5.76 Å². The Hall–Kier alpha value is -4.09. The van der Waals surface area contributed by atoms with Gasteiger partial charge in [-0.2, -0.15) is 0 Å². The van der Waals surface area contributed by atoms with Gasteiger partial charge in [0, 0.05) is 18.8 Å². The van der Waals surface area contributed by atoms with E-state index >= 15 is 0 Å². The van der Waals surface area contributed by atoms with Crippen LogP contribution < -0.4 is 11.1 Å². The number of benzene rings is 2. The summed E-state index contributed by atoms with van der Waals surface area (Å²) in [6.45, 7) is 1.10. The zero-order valence-corrected chi connectivity index (χ0v) is 19.8. The van der Waals surface area contributed by atoms with Gasteiger partial charge in [0.1, 0.15) is 5.82 Å². The maximum Gasteiger partial charge on any atom is 0.419 e. The fraction of sp³-hybridized carbons (Fsp3) is 0.167. The topological polar surface area (TPSA) is 98.2 Å². The first-order valence-corrected chi connectivity index (χ1v) is 11.6. The zero-order valence-electron chi connectivity index (χ0n) is 18.9. The quantitative estimate of drug-likeness (QED) is 0.371. The Morgan fingerprint density at radius 3 is 2.77 bits per heavy atom. The van der Waals surface area contributed by atoms with Crippen molar-refractivity contribution < 1.29 is 13.6 Å². The molecule has 3 aromatic heterocycles. The number of amides is 1. The first-order chi connectivity index (χ1) is 16.9. The maximum absolute atomic E-state index is 13.9. The average Bonchev–Trinajstić information content (AvgIpc) is 3.56. The first kappa shape index (κ1) is 22.7. The van der Waals surface area contributed by atoms with Gasteiger partial charge in [-0.25, -0.2) is 18.9 Å². The normalized spacial score (nSPS) is 11.4.